The van der Waals surface area contributed by atoms with Gasteiger partial charge in [0, 0.05) is 17.5 Å². The maximum atomic E-state index is 12.3. The maximum Gasteiger partial charge on any atom is 0.295 e. The summed E-state index contributed by atoms with van der Waals surface area (Å²) in [4.78, 5) is 10.9. The van der Waals surface area contributed by atoms with E-state index in [2.05, 4.69) is 12.2 Å². The van der Waals surface area contributed by atoms with E-state index in [1.807, 2.05) is 0 Å². The number of nitrogens with one attached hydrogen (secondary N) is 1. The standard InChI is InChI=1S/C23H33NO7S2/c1-2-3-4-5-6-7-8-9-10-11-12-23(25)24-19-13-14-21-18(15-19)16-20(32(26,27)28)17-22(21)33(29,30)31/h13-17H,2-12H2,1H3,(H,24,25)(H,26,27,28)(H,29,30,31). The average molecular weight is 500 g/mol. The van der Waals surface area contributed by atoms with Crippen molar-refractivity contribution < 1.29 is 30.7 Å². The van der Waals surface area contributed by atoms with Crippen LogP contribution in [0.25, 0.3) is 10.8 Å². The Balaban J connectivity index is 1.93. The van der Waals surface area contributed by atoms with Gasteiger partial charge in [0.1, 0.15) is 4.90 Å². The molecular formula is C23H33NO7S2. The molecule has 0 spiro atoms. The molecule has 0 saturated heterocycles. The number of fused-ring (bicyclic) bond motifs is 1. The van der Waals surface area contributed by atoms with Crippen LogP contribution in [0.3, 0.4) is 0 Å². The SMILES string of the molecule is CCCCCCCCCCCCC(=O)Nc1ccc2c(S(=O)(=O)O)cc(S(=O)(=O)O)cc2c1. The Bertz CT molecular complexity index is 1160. The third kappa shape index (κ3) is 9.04. The van der Waals surface area contributed by atoms with Crippen LogP contribution in [0.15, 0.2) is 40.1 Å². The Morgan fingerprint density at radius 1 is 0.788 bits per heavy atom. The van der Waals surface area contributed by atoms with E-state index in [0.717, 1.165) is 25.3 Å². The van der Waals surface area contributed by atoms with Crippen LogP contribution in [0.5, 0.6) is 0 Å². The molecule has 10 heteroatoms. The zero-order valence-electron chi connectivity index (χ0n) is 18.9. The summed E-state index contributed by atoms with van der Waals surface area (Å²) >= 11 is 0. The number of hydrogen-bond donors (Lipinski definition) is 3. The van der Waals surface area contributed by atoms with Crippen molar-refractivity contribution in [1.29, 1.82) is 0 Å². The first kappa shape index (κ1) is 27.2. The Hall–Kier alpha value is -2.01. The lowest BCUT2D eigenvalue weighted by atomic mass is 10.1. The van der Waals surface area contributed by atoms with Gasteiger partial charge in [-0.3, -0.25) is 13.9 Å². The summed E-state index contributed by atoms with van der Waals surface area (Å²) in [6.07, 6.45) is 12.0. The van der Waals surface area contributed by atoms with Crippen molar-refractivity contribution in [3.8, 4) is 0 Å². The van der Waals surface area contributed by atoms with E-state index >= 15 is 0 Å². The highest BCUT2D eigenvalue weighted by Gasteiger charge is 2.20. The monoisotopic (exact) mass is 499 g/mol. The van der Waals surface area contributed by atoms with Gasteiger partial charge in [-0.15, -0.1) is 0 Å². The number of benzene rings is 2. The molecule has 8 nitrogen and oxygen atoms in total. The van der Waals surface area contributed by atoms with Gasteiger partial charge in [-0.25, -0.2) is 0 Å². The average Bonchev–Trinajstić information content (AvgIpc) is 2.72. The summed E-state index contributed by atoms with van der Waals surface area (Å²) in [6, 6.07) is 6.01. The van der Waals surface area contributed by atoms with Crippen LogP contribution in [0.4, 0.5) is 5.69 Å². The van der Waals surface area contributed by atoms with E-state index in [0.29, 0.717) is 18.2 Å². The largest absolute Gasteiger partial charge is 0.326 e. The Morgan fingerprint density at radius 2 is 1.36 bits per heavy atom. The van der Waals surface area contributed by atoms with Crippen molar-refractivity contribution in [1.82, 2.24) is 0 Å². The molecule has 0 aliphatic rings. The number of carbonyl (C=O) groups excluding carboxylic acids is 1. The van der Waals surface area contributed by atoms with E-state index in [4.69, 9.17) is 0 Å². The molecule has 0 radical (unpaired) electrons. The predicted octanol–water partition coefficient (Wildman–Crippen LogP) is 5.58. The Labute approximate surface area is 196 Å². The molecule has 1 amide bonds. The highest BCUT2D eigenvalue weighted by Crippen LogP contribution is 2.29. The minimum atomic E-state index is -4.74. The fraction of sp³-hybridized carbons (Fsp3) is 0.522. The number of rotatable bonds is 14. The number of amides is 1. The summed E-state index contributed by atoms with van der Waals surface area (Å²) in [6.45, 7) is 2.20. The number of hydrogen-bond acceptors (Lipinski definition) is 5. The first-order valence-electron chi connectivity index (χ1n) is 11.3. The van der Waals surface area contributed by atoms with Crippen molar-refractivity contribution >= 4 is 42.6 Å². The zero-order chi connectivity index (χ0) is 24.5. The molecule has 2 aromatic rings. The van der Waals surface area contributed by atoms with E-state index in [1.165, 1.54) is 63.1 Å². The van der Waals surface area contributed by atoms with Crippen LogP contribution < -0.4 is 5.32 Å². The molecule has 0 aliphatic carbocycles. The van der Waals surface area contributed by atoms with E-state index in [9.17, 15) is 30.7 Å². The summed E-state index contributed by atoms with van der Waals surface area (Å²) in [5, 5.41) is 2.92. The van der Waals surface area contributed by atoms with Crippen LogP contribution in [0.1, 0.15) is 77.6 Å². The van der Waals surface area contributed by atoms with E-state index in [1.54, 1.807) is 0 Å². The third-order valence-corrected chi connectivity index (χ3v) is 7.23. The first-order valence-corrected chi connectivity index (χ1v) is 14.2. The van der Waals surface area contributed by atoms with Gasteiger partial charge in [0.2, 0.25) is 5.91 Å². The second-order valence-corrected chi connectivity index (χ2v) is 11.1. The number of anilines is 1. The lowest BCUT2D eigenvalue weighted by Crippen LogP contribution is -2.11. The molecule has 33 heavy (non-hydrogen) atoms. The second kappa shape index (κ2) is 12.5. The van der Waals surface area contributed by atoms with Crippen LogP contribution in [0.2, 0.25) is 0 Å². The quantitative estimate of drug-likeness (QED) is 0.228. The van der Waals surface area contributed by atoms with Crippen molar-refractivity contribution in [2.24, 2.45) is 0 Å². The minimum Gasteiger partial charge on any atom is -0.326 e. The molecule has 2 rings (SSSR count). The molecule has 0 unspecified atom stereocenters. The molecule has 0 bridgehead atoms. The normalized spacial score (nSPS) is 12.2. The van der Waals surface area contributed by atoms with Gasteiger partial charge in [-0.2, -0.15) is 16.8 Å². The van der Waals surface area contributed by atoms with Crippen LogP contribution >= 0.6 is 0 Å². The molecule has 2 aromatic carbocycles. The van der Waals surface area contributed by atoms with Gasteiger partial charge >= 0.3 is 0 Å². The molecule has 0 saturated carbocycles. The van der Waals surface area contributed by atoms with E-state index < -0.39 is 30.0 Å². The molecular weight excluding hydrogens is 466 g/mol. The highest BCUT2D eigenvalue weighted by molar-refractivity contribution is 7.86. The molecule has 0 aliphatic heterocycles. The first-order chi connectivity index (χ1) is 15.5. The molecule has 0 fully saturated rings. The fourth-order valence-electron chi connectivity index (χ4n) is 3.75. The highest BCUT2D eigenvalue weighted by atomic mass is 32.2. The van der Waals surface area contributed by atoms with Crippen molar-refractivity contribution in [3.63, 3.8) is 0 Å². The van der Waals surface area contributed by atoms with Crippen LogP contribution in [-0.2, 0) is 25.0 Å². The lowest BCUT2D eigenvalue weighted by Gasteiger charge is -2.10. The summed E-state index contributed by atoms with van der Waals surface area (Å²) in [7, 11) is -9.44. The molecule has 0 aromatic heterocycles. The van der Waals surface area contributed by atoms with Gasteiger partial charge in [0.15, 0.2) is 0 Å². The van der Waals surface area contributed by atoms with Crippen LogP contribution in [-0.4, -0.2) is 31.8 Å². The third-order valence-electron chi connectivity index (χ3n) is 5.51. The lowest BCUT2D eigenvalue weighted by molar-refractivity contribution is -0.116. The van der Waals surface area contributed by atoms with Gasteiger partial charge in [-0.1, -0.05) is 70.8 Å². The van der Waals surface area contributed by atoms with Gasteiger partial charge < -0.3 is 5.32 Å². The molecule has 184 valence electrons. The van der Waals surface area contributed by atoms with E-state index in [-0.39, 0.29) is 16.7 Å². The summed E-state index contributed by atoms with van der Waals surface area (Å²) in [5.74, 6) is -0.199. The van der Waals surface area contributed by atoms with Gasteiger partial charge in [-0.05, 0) is 36.1 Å². The topological polar surface area (TPSA) is 138 Å². The summed E-state index contributed by atoms with van der Waals surface area (Å²) in [5.41, 5.74) is 0.355. The fourth-order valence-corrected chi connectivity index (χ4v) is 5.10. The Morgan fingerprint density at radius 3 is 1.91 bits per heavy atom. The predicted molar refractivity (Wildman–Crippen MR) is 129 cm³/mol. The van der Waals surface area contributed by atoms with Crippen LogP contribution in [0, 0.1) is 0 Å². The van der Waals surface area contributed by atoms with Crippen molar-refractivity contribution in [2.45, 2.75) is 87.3 Å². The Kier molecular flexibility index (Phi) is 10.3. The minimum absolute atomic E-state index is 0.0672. The second-order valence-electron chi connectivity index (χ2n) is 8.29. The number of unbranched alkanes of at least 4 members (excludes halogenated alkanes) is 9. The van der Waals surface area contributed by atoms with Crippen molar-refractivity contribution in [2.75, 3.05) is 5.32 Å². The summed E-state index contributed by atoms with van der Waals surface area (Å²) < 4.78 is 65.1. The maximum absolute atomic E-state index is 12.3. The van der Waals surface area contributed by atoms with Gasteiger partial charge in [0.05, 0.1) is 4.90 Å². The zero-order valence-corrected chi connectivity index (χ0v) is 20.6. The smallest absolute Gasteiger partial charge is 0.295 e. The number of carbonyl (C=O) groups is 1. The van der Waals surface area contributed by atoms with Crippen molar-refractivity contribution in [3.05, 3.63) is 30.3 Å². The molecule has 0 atom stereocenters. The van der Waals surface area contributed by atoms with Gasteiger partial charge in [0.25, 0.3) is 20.2 Å². The molecule has 3 N–H and O–H groups in total. The molecule has 0 heterocycles.